The molecule has 3 aromatic rings. The van der Waals surface area contributed by atoms with Crippen molar-refractivity contribution >= 4 is 23.1 Å². The van der Waals surface area contributed by atoms with E-state index in [9.17, 15) is 0 Å². The Bertz CT molecular complexity index is 3110. The van der Waals surface area contributed by atoms with Crippen molar-refractivity contribution in [3.05, 3.63) is 288 Å². The maximum atomic E-state index is 3.96. The number of rotatable bonds is 18. The largest absolute Gasteiger partial charge is 0.338 e. The van der Waals surface area contributed by atoms with Gasteiger partial charge in [0.05, 0.1) is 12.1 Å². The van der Waals surface area contributed by atoms with Crippen molar-refractivity contribution in [2.45, 2.75) is 110 Å². The predicted octanol–water partition coefficient (Wildman–Crippen LogP) is 18.8. The van der Waals surface area contributed by atoms with Crippen LogP contribution in [-0.2, 0) is 0 Å². The first-order chi connectivity index (χ1) is 37.3. The topological polar surface area (TPSA) is 13.0 Å². The van der Waals surface area contributed by atoms with Gasteiger partial charge in [-0.05, 0) is 161 Å². The van der Waals surface area contributed by atoms with Gasteiger partial charge in [-0.3, -0.25) is 0 Å². The van der Waals surface area contributed by atoms with Crippen LogP contribution < -0.4 is 14.7 Å². The highest BCUT2D eigenvalue weighted by Crippen LogP contribution is 2.45. The van der Waals surface area contributed by atoms with E-state index in [4.69, 9.17) is 0 Å². The van der Waals surface area contributed by atoms with E-state index in [1.165, 1.54) is 62.3 Å². The van der Waals surface area contributed by atoms with Gasteiger partial charge >= 0.3 is 0 Å². The van der Waals surface area contributed by atoms with Crippen LogP contribution in [-0.4, -0.2) is 17.0 Å². The van der Waals surface area contributed by atoms with Gasteiger partial charge in [-0.2, -0.15) is 0 Å². The second kappa shape index (κ2) is 24.4. The Balaban J connectivity index is 0.922. The van der Waals surface area contributed by atoms with Gasteiger partial charge in [0, 0.05) is 81.1 Å². The summed E-state index contributed by atoms with van der Waals surface area (Å²) in [5.41, 5.74) is 18.4. The monoisotopic (exact) mass is 999 g/mol. The van der Waals surface area contributed by atoms with Crippen molar-refractivity contribution in [1.29, 1.82) is 0 Å². The van der Waals surface area contributed by atoms with Gasteiger partial charge in [0.1, 0.15) is 0 Å². The molecular formula is C72H78N4. The van der Waals surface area contributed by atoms with Gasteiger partial charge in [0.15, 0.2) is 0 Å². The summed E-state index contributed by atoms with van der Waals surface area (Å²) in [6.45, 7) is 17.3. The van der Waals surface area contributed by atoms with Crippen LogP contribution in [0.4, 0.5) is 17.1 Å². The molecule has 0 spiro atoms. The second-order valence-electron chi connectivity index (χ2n) is 21.6. The van der Waals surface area contributed by atoms with Crippen LogP contribution in [0.2, 0.25) is 0 Å². The summed E-state index contributed by atoms with van der Waals surface area (Å²) in [6, 6.07) is 29.8. The van der Waals surface area contributed by atoms with Crippen molar-refractivity contribution in [3.63, 3.8) is 0 Å². The lowest BCUT2D eigenvalue weighted by Gasteiger charge is -2.45. The maximum absolute atomic E-state index is 3.96. The third-order valence-corrected chi connectivity index (χ3v) is 16.3. The highest BCUT2D eigenvalue weighted by Gasteiger charge is 2.37. The first-order valence-corrected chi connectivity index (χ1v) is 28.2. The summed E-state index contributed by atoms with van der Waals surface area (Å²) in [4.78, 5) is 10.3. The number of fused-ring (bicyclic) bond motifs is 1. The van der Waals surface area contributed by atoms with Crippen LogP contribution >= 0.6 is 0 Å². The molecule has 0 saturated heterocycles. The zero-order valence-electron chi connectivity index (χ0n) is 45.5. The van der Waals surface area contributed by atoms with Crippen molar-refractivity contribution < 1.29 is 0 Å². The van der Waals surface area contributed by atoms with Crippen molar-refractivity contribution in [3.8, 4) is 0 Å². The van der Waals surface area contributed by atoms with Crippen LogP contribution in [0.15, 0.2) is 277 Å². The quantitative estimate of drug-likeness (QED) is 0.0715. The zero-order valence-corrected chi connectivity index (χ0v) is 45.5. The lowest BCUT2D eigenvalue weighted by molar-refractivity contribution is 0.286. The Morgan fingerprint density at radius 2 is 1.45 bits per heavy atom. The van der Waals surface area contributed by atoms with Crippen molar-refractivity contribution in [2.24, 2.45) is 17.8 Å². The molecule has 0 fully saturated rings. The fourth-order valence-corrected chi connectivity index (χ4v) is 12.3. The van der Waals surface area contributed by atoms with E-state index in [1.54, 1.807) is 5.57 Å². The molecule has 7 aliphatic rings. The molecular weight excluding hydrogens is 921 g/mol. The Hall–Kier alpha value is -7.56. The molecule has 0 aromatic heterocycles. The highest BCUT2D eigenvalue weighted by molar-refractivity contribution is 5.67. The molecule has 0 heterocycles. The molecule has 6 unspecified atom stereocenters. The molecule has 7 aliphatic carbocycles. The number of unbranched alkanes of at least 4 members (excludes halogenated alkanes) is 1. The summed E-state index contributed by atoms with van der Waals surface area (Å²) in [6.07, 6.45) is 63.2. The van der Waals surface area contributed by atoms with Crippen molar-refractivity contribution in [2.75, 3.05) is 14.7 Å². The van der Waals surface area contributed by atoms with Gasteiger partial charge < -0.3 is 19.6 Å². The fraction of sp³-hybridized carbons (Fsp3) is 0.278. The summed E-state index contributed by atoms with van der Waals surface area (Å²) in [5, 5.41) is 0. The minimum absolute atomic E-state index is 0.230. The number of para-hydroxylation sites is 1. The van der Waals surface area contributed by atoms with Crippen LogP contribution in [0.25, 0.3) is 6.08 Å². The van der Waals surface area contributed by atoms with Crippen LogP contribution in [0.5, 0.6) is 0 Å². The molecule has 0 N–H and O–H groups in total. The normalized spacial score (nSPS) is 24.0. The molecule has 3 aromatic carbocycles. The Labute approximate surface area is 456 Å². The molecule has 0 amide bonds. The Morgan fingerprint density at radius 1 is 0.645 bits per heavy atom. The van der Waals surface area contributed by atoms with Gasteiger partial charge in [-0.25, -0.2) is 0 Å². The molecule has 0 bridgehead atoms. The smallest absolute Gasteiger partial charge is 0.0622 e. The number of nitrogens with zero attached hydrogens (tertiary/aromatic N) is 4. The van der Waals surface area contributed by atoms with Gasteiger partial charge in [-0.15, -0.1) is 6.58 Å². The van der Waals surface area contributed by atoms with E-state index in [1.807, 2.05) is 18.2 Å². The number of allylic oxidation sites excluding steroid dienone is 23. The van der Waals surface area contributed by atoms with Gasteiger partial charge in [0.25, 0.3) is 0 Å². The third-order valence-electron chi connectivity index (χ3n) is 16.3. The molecule has 76 heavy (non-hydrogen) atoms. The molecule has 0 radical (unpaired) electrons. The molecule has 0 saturated carbocycles. The summed E-state index contributed by atoms with van der Waals surface area (Å²) >= 11 is 0. The second-order valence-corrected chi connectivity index (χ2v) is 21.6. The van der Waals surface area contributed by atoms with Gasteiger partial charge in [0.2, 0.25) is 0 Å². The standard InChI is InChI=1S/C72H78N4/c1-7-9-11-23-47-73(66-36-24-27-57(52-66)26-10-8-2)69-48-54(4)70(49-53(69)3)74(61-30-15-12-16-31-61)64-43-39-58(40-44-64)59-41-45-65(46-42-59)75(62-32-17-13-18-33-62)71-50-56(6)72(51-55(71)5)76(63-34-19-14-20-35-63)68-38-25-29-60-28-21-22-37-67(60)68/h7-8,10,12-13,15-19,22-27,29-30,32-41,43-48,51-53,56,59,61,67-68H,1-2,9,11,14,20-21,28,31,42,49-50H2,3-6H3. The number of hydrogen-bond donors (Lipinski definition) is 0. The van der Waals surface area contributed by atoms with E-state index in [0.29, 0.717) is 11.8 Å². The molecule has 4 nitrogen and oxygen atoms in total. The molecule has 386 valence electrons. The summed E-state index contributed by atoms with van der Waals surface area (Å²) in [7, 11) is 0. The Kier molecular flexibility index (Phi) is 16.7. The number of anilines is 3. The number of benzene rings is 3. The van der Waals surface area contributed by atoms with E-state index in [0.717, 1.165) is 75.5 Å². The molecule has 4 heteroatoms. The maximum Gasteiger partial charge on any atom is 0.0622 e. The van der Waals surface area contributed by atoms with Crippen molar-refractivity contribution in [1.82, 2.24) is 4.90 Å². The fourth-order valence-electron chi connectivity index (χ4n) is 12.3. The average molecular weight is 999 g/mol. The average Bonchev–Trinajstić information content (AvgIpc) is 3.46. The molecule has 0 aliphatic heterocycles. The predicted molar refractivity (Wildman–Crippen MR) is 326 cm³/mol. The minimum atomic E-state index is 0.230. The highest BCUT2D eigenvalue weighted by atomic mass is 15.2. The minimum Gasteiger partial charge on any atom is -0.338 e. The summed E-state index contributed by atoms with van der Waals surface area (Å²) < 4.78 is 0. The molecule has 10 rings (SSSR count). The molecule has 6 atom stereocenters. The number of hydrogen-bond acceptors (Lipinski definition) is 4. The van der Waals surface area contributed by atoms with E-state index in [-0.39, 0.29) is 23.9 Å². The van der Waals surface area contributed by atoms with E-state index < -0.39 is 0 Å². The lowest BCUT2D eigenvalue weighted by atomic mass is 9.79. The zero-order chi connectivity index (χ0) is 52.4. The lowest BCUT2D eigenvalue weighted by Crippen LogP contribution is -2.42. The van der Waals surface area contributed by atoms with E-state index in [2.05, 4.69) is 261 Å². The van der Waals surface area contributed by atoms with Gasteiger partial charge in [-0.1, -0.05) is 178 Å². The van der Waals surface area contributed by atoms with Crippen LogP contribution in [0, 0.1) is 17.8 Å². The SMILES string of the molecule is C=CC=Cc1cccc(N(C=CCCC=C)C2=CC(C)=C(N(c3ccc(C4C=CC(N(C5=C(C)C=C(N(C6=CCCC=C6)C6C=CC=C7CCC=CC76)C(C)C5)c5ccccc5)=CC4)cc3)C3C=CC=CC3)CC2C)c1. The van der Waals surface area contributed by atoms with E-state index >= 15 is 0 Å². The summed E-state index contributed by atoms with van der Waals surface area (Å²) in [5.74, 6) is 1.28. The Morgan fingerprint density at radius 3 is 2.21 bits per heavy atom. The first-order valence-electron chi connectivity index (χ1n) is 28.2. The van der Waals surface area contributed by atoms with Crippen LogP contribution in [0.3, 0.4) is 0 Å². The first kappa shape index (κ1) is 51.9. The third kappa shape index (κ3) is 11.5. The van der Waals surface area contributed by atoms with Crippen LogP contribution in [0.1, 0.15) is 109 Å².